The van der Waals surface area contributed by atoms with Crippen molar-refractivity contribution in [3.8, 4) is 0 Å². The van der Waals surface area contributed by atoms with Crippen LogP contribution in [0, 0.1) is 0 Å². The second-order valence-corrected chi connectivity index (χ2v) is 3.81. The first kappa shape index (κ1) is 12.5. The molecule has 0 aliphatic heterocycles. The second kappa shape index (κ2) is 5.49. The van der Waals surface area contributed by atoms with Crippen molar-refractivity contribution in [3.63, 3.8) is 0 Å². The molecule has 0 bridgehead atoms. The van der Waals surface area contributed by atoms with Gasteiger partial charge < -0.3 is 4.90 Å². The van der Waals surface area contributed by atoms with Crippen molar-refractivity contribution in [3.05, 3.63) is 24.5 Å². The Bertz CT molecular complexity index is 342. The average Bonchev–Trinajstić information content (AvgIpc) is 2.30. The minimum atomic E-state index is 0.0234. The smallest absolute Gasteiger partial charge is 0.377 e. The van der Waals surface area contributed by atoms with Gasteiger partial charge in [0.2, 0.25) is 0 Å². The van der Waals surface area contributed by atoms with Gasteiger partial charge in [-0.15, -0.1) is 0 Å². The summed E-state index contributed by atoms with van der Waals surface area (Å²) in [5.74, 6) is 0. The maximum Gasteiger partial charge on any atom is 0.497 e. The van der Waals surface area contributed by atoms with Gasteiger partial charge in [-0.25, -0.2) is 4.90 Å². The van der Waals surface area contributed by atoms with Gasteiger partial charge in [0.1, 0.15) is 12.4 Å². The molecule has 0 radical (unpaired) electrons. The molecule has 4 heteroatoms. The SMILES string of the molecule is CCN(CC)C(=O)[n+]1ccc(N(C)C)cc1. The van der Waals surface area contributed by atoms with E-state index in [-0.39, 0.29) is 6.03 Å². The van der Waals surface area contributed by atoms with Gasteiger partial charge in [-0.2, -0.15) is 9.36 Å². The summed E-state index contributed by atoms with van der Waals surface area (Å²) in [5.41, 5.74) is 1.09. The standard InChI is InChI=1S/C12H20N3O/c1-5-14(6-2)12(16)15-9-7-11(8-10-15)13(3)4/h7-10H,5-6H2,1-4H3/q+1. The summed E-state index contributed by atoms with van der Waals surface area (Å²) in [6.07, 6.45) is 3.60. The van der Waals surface area contributed by atoms with Gasteiger partial charge in [0, 0.05) is 31.9 Å². The van der Waals surface area contributed by atoms with Crippen molar-refractivity contribution in [1.29, 1.82) is 0 Å². The number of aromatic nitrogens is 1. The lowest BCUT2D eigenvalue weighted by molar-refractivity contribution is -0.578. The molecule has 0 unspecified atom stereocenters. The molecule has 1 aromatic rings. The Morgan fingerprint density at radius 1 is 1.19 bits per heavy atom. The van der Waals surface area contributed by atoms with E-state index in [9.17, 15) is 4.79 Å². The summed E-state index contributed by atoms with van der Waals surface area (Å²) in [6, 6.07) is 3.89. The largest absolute Gasteiger partial charge is 0.497 e. The molecule has 0 saturated heterocycles. The second-order valence-electron chi connectivity index (χ2n) is 3.81. The fourth-order valence-electron chi connectivity index (χ4n) is 1.50. The van der Waals surface area contributed by atoms with Crippen LogP contribution in [0.3, 0.4) is 0 Å². The van der Waals surface area contributed by atoms with Crippen LogP contribution in [0.2, 0.25) is 0 Å². The van der Waals surface area contributed by atoms with Crippen LogP contribution >= 0.6 is 0 Å². The molecule has 0 N–H and O–H groups in total. The minimum Gasteiger partial charge on any atom is -0.377 e. The van der Waals surface area contributed by atoms with Crippen LogP contribution in [0.15, 0.2) is 24.5 Å². The summed E-state index contributed by atoms with van der Waals surface area (Å²) in [4.78, 5) is 15.8. The first-order valence-electron chi connectivity index (χ1n) is 5.58. The molecule has 0 saturated carbocycles. The minimum absolute atomic E-state index is 0.0234. The number of hydrogen-bond donors (Lipinski definition) is 0. The number of rotatable bonds is 3. The number of nitrogens with zero attached hydrogens (tertiary/aromatic N) is 3. The predicted molar refractivity (Wildman–Crippen MR) is 64.7 cm³/mol. The number of carbonyl (C=O) groups excluding carboxylic acids is 1. The molecule has 1 amide bonds. The Kier molecular flexibility index (Phi) is 4.28. The Balaban J connectivity index is 2.85. The third-order valence-electron chi connectivity index (χ3n) is 2.58. The quantitative estimate of drug-likeness (QED) is 0.722. The molecule has 0 atom stereocenters. The predicted octanol–water partition coefficient (Wildman–Crippen LogP) is 1.35. The third kappa shape index (κ3) is 2.72. The summed E-state index contributed by atoms with van der Waals surface area (Å²) in [6.45, 7) is 5.43. The van der Waals surface area contributed by atoms with E-state index in [4.69, 9.17) is 0 Å². The van der Waals surface area contributed by atoms with Crippen molar-refractivity contribution in [2.75, 3.05) is 32.1 Å². The van der Waals surface area contributed by atoms with Gasteiger partial charge in [-0.1, -0.05) is 0 Å². The van der Waals surface area contributed by atoms with Gasteiger partial charge in [0.15, 0.2) is 0 Å². The number of pyridine rings is 1. The average molecular weight is 222 g/mol. The number of carbonyl (C=O) groups is 1. The Hall–Kier alpha value is -1.58. The van der Waals surface area contributed by atoms with Crippen molar-refractivity contribution in [2.45, 2.75) is 13.8 Å². The first-order valence-corrected chi connectivity index (χ1v) is 5.58. The van der Waals surface area contributed by atoms with Crippen molar-refractivity contribution < 1.29 is 9.36 Å². The normalized spacial score (nSPS) is 10.0. The molecule has 4 nitrogen and oxygen atoms in total. The molecular weight excluding hydrogens is 202 g/mol. The van der Waals surface area contributed by atoms with Gasteiger partial charge in [0.25, 0.3) is 0 Å². The van der Waals surface area contributed by atoms with Gasteiger partial charge in [-0.3, -0.25) is 0 Å². The number of amides is 1. The van der Waals surface area contributed by atoms with Crippen molar-refractivity contribution in [2.24, 2.45) is 0 Å². The molecular formula is C12H20N3O+. The maximum absolute atomic E-state index is 12.0. The van der Waals surface area contributed by atoms with E-state index in [1.807, 2.05) is 45.0 Å². The fraction of sp³-hybridized carbons (Fsp3) is 0.500. The van der Waals surface area contributed by atoms with Gasteiger partial charge in [-0.05, 0) is 13.8 Å². The first-order chi connectivity index (χ1) is 7.60. The third-order valence-corrected chi connectivity index (χ3v) is 2.58. The summed E-state index contributed by atoms with van der Waals surface area (Å²) < 4.78 is 1.61. The molecule has 0 fully saturated rings. The zero-order valence-electron chi connectivity index (χ0n) is 10.5. The van der Waals surface area contributed by atoms with E-state index >= 15 is 0 Å². The Morgan fingerprint density at radius 2 is 1.69 bits per heavy atom. The molecule has 0 aliphatic carbocycles. The molecule has 0 aromatic carbocycles. The van der Waals surface area contributed by atoms with Crippen LogP contribution in [-0.2, 0) is 0 Å². The van der Waals surface area contributed by atoms with E-state index in [0.29, 0.717) is 0 Å². The van der Waals surface area contributed by atoms with Gasteiger partial charge >= 0.3 is 6.03 Å². The number of hydrogen-bond acceptors (Lipinski definition) is 2. The molecule has 1 heterocycles. The summed E-state index contributed by atoms with van der Waals surface area (Å²) in [7, 11) is 3.96. The van der Waals surface area contributed by atoms with Crippen molar-refractivity contribution >= 4 is 11.7 Å². The molecule has 0 aliphatic rings. The summed E-state index contributed by atoms with van der Waals surface area (Å²) >= 11 is 0. The highest BCUT2D eigenvalue weighted by Gasteiger charge is 2.20. The maximum atomic E-state index is 12.0. The highest BCUT2D eigenvalue weighted by atomic mass is 16.2. The Labute approximate surface area is 97.1 Å². The summed E-state index contributed by atoms with van der Waals surface area (Å²) in [5, 5.41) is 0. The van der Waals surface area contributed by atoms with Crippen LogP contribution < -0.4 is 9.47 Å². The molecule has 88 valence electrons. The fourth-order valence-corrected chi connectivity index (χ4v) is 1.50. The lowest BCUT2D eigenvalue weighted by atomic mass is 10.4. The van der Waals surface area contributed by atoms with E-state index in [2.05, 4.69) is 0 Å². The van der Waals surface area contributed by atoms with Crippen LogP contribution in [0.5, 0.6) is 0 Å². The van der Waals surface area contributed by atoms with Gasteiger partial charge in [0.05, 0.1) is 13.1 Å². The Morgan fingerprint density at radius 3 is 2.06 bits per heavy atom. The van der Waals surface area contributed by atoms with Crippen LogP contribution in [0.25, 0.3) is 0 Å². The topological polar surface area (TPSA) is 27.4 Å². The molecule has 1 rings (SSSR count). The van der Waals surface area contributed by atoms with E-state index in [1.165, 1.54) is 0 Å². The number of anilines is 1. The van der Waals surface area contributed by atoms with Crippen LogP contribution in [0.4, 0.5) is 10.5 Å². The zero-order valence-corrected chi connectivity index (χ0v) is 10.5. The monoisotopic (exact) mass is 222 g/mol. The lowest BCUT2D eigenvalue weighted by Gasteiger charge is -2.13. The van der Waals surface area contributed by atoms with E-state index < -0.39 is 0 Å². The highest BCUT2D eigenvalue weighted by molar-refractivity contribution is 5.64. The highest BCUT2D eigenvalue weighted by Crippen LogP contribution is 2.06. The van der Waals surface area contributed by atoms with E-state index in [0.717, 1.165) is 18.8 Å². The molecule has 1 aromatic heterocycles. The van der Waals surface area contributed by atoms with E-state index in [1.54, 1.807) is 21.9 Å². The lowest BCUT2D eigenvalue weighted by Crippen LogP contribution is -2.51. The van der Waals surface area contributed by atoms with Crippen LogP contribution in [0.1, 0.15) is 13.8 Å². The molecule has 0 spiro atoms. The molecule has 16 heavy (non-hydrogen) atoms. The van der Waals surface area contributed by atoms with Crippen molar-refractivity contribution in [1.82, 2.24) is 4.90 Å². The van der Waals surface area contributed by atoms with Crippen LogP contribution in [-0.4, -0.2) is 38.1 Å². The zero-order chi connectivity index (χ0) is 12.1.